The van der Waals surface area contributed by atoms with E-state index in [1.165, 1.54) is 13.0 Å². The molecule has 1 aromatic heterocycles. The number of anilines is 1. The zero-order chi connectivity index (χ0) is 25.3. The molecule has 2 N–H and O–H groups in total. The molecule has 3 aromatic rings. The first-order valence-electron chi connectivity index (χ1n) is 11.4. The third-order valence-electron chi connectivity index (χ3n) is 6.28. The van der Waals surface area contributed by atoms with Gasteiger partial charge in [-0.25, -0.2) is 4.98 Å². The number of methoxy groups -OCH3 is 1. The Morgan fingerprint density at radius 2 is 1.97 bits per heavy atom. The number of carbonyl (C=O) groups is 1. The van der Waals surface area contributed by atoms with Gasteiger partial charge in [0.1, 0.15) is 5.82 Å². The van der Waals surface area contributed by atoms with Crippen LogP contribution in [0.4, 0.5) is 18.9 Å². The maximum absolute atomic E-state index is 13.9. The number of hydrogen-bond donors (Lipinski definition) is 2. The first kappa shape index (κ1) is 24.7. The summed E-state index contributed by atoms with van der Waals surface area (Å²) in [5.41, 5.74) is -0.384. The molecule has 0 saturated carbocycles. The summed E-state index contributed by atoms with van der Waals surface area (Å²) < 4.78 is 46.9. The van der Waals surface area contributed by atoms with Crippen molar-refractivity contribution in [2.45, 2.75) is 45.0 Å². The van der Waals surface area contributed by atoms with Crippen LogP contribution in [0, 0.1) is 6.92 Å². The quantitative estimate of drug-likeness (QED) is 0.545. The Kier molecular flexibility index (Phi) is 6.84. The molecule has 1 saturated heterocycles. The molecule has 0 spiro atoms. The second-order valence-corrected chi connectivity index (χ2v) is 8.80. The zero-order valence-electron chi connectivity index (χ0n) is 19.7. The van der Waals surface area contributed by atoms with Crippen molar-refractivity contribution in [3.8, 4) is 0 Å². The number of carbonyl (C=O) groups excluding carboxylic acids is 1. The molecule has 35 heavy (non-hydrogen) atoms. The van der Waals surface area contributed by atoms with E-state index >= 15 is 0 Å². The van der Waals surface area contributed by atoms with Crippen molar-refractivity contribution in [1.82, 2.24) is 14.9 Å². The first-order valence-corrected chi connectivity index (χ1v) is 11.4. The second-order valence-electron chi connectivity index (χ2n) is 8.80. The average Bonchev–Trinajstić information content (AvgIpc) is 2.82. The Labute approximate surface area is 200 Å². The molecule has 2 aromatic carbocycles. The first-order chi connectivity index (χ1) is 16.6. The lowest BCUT2D eigenvalue weighted by molar-refractivity contribution is -0.138. The van der Waals surface area contributed by atoms with Crippen LogP contribution in [0.2, 0.25) is 0 Å². The average molecular weight is 489 g/mol. The van der Waals surface area contributed by atoms with Crippen LogP contribution < -0.4 is 10.9 Å². The van der Waals surface area contributed by atoms with Crippen molar-refractivity contribution in [2.75, 3.05) is 25.5 Å². The van der Waals surface area contributed by atoms with Gasteiger partial charge in [0.05, 0.1) is 22.6 Å². The lowest BCUT2D eigenvalue weighted by atomic mass is 9.98. The minimum absolute atomic E-state index is 0.00850. The van der Waals surface area contributed by atoms with Gasteiger partial charge in [0, 0.05) is 37.5 Å². The number of hydrogen-bond acceptors (Lipinski definition) is 5. The van der Waals surface area contributed by atoms with Gasteiger partial charge in [-0.1, -0.05) is 0 Å². The predicted molar refractivity (Wildman–Crippen MR) is 127 cm³/mol. The summed E-state index contributed by atoms with van der Waals surface area (Å²) >= 11 is 0. The summed E-state index contributed by atoms with van der Waals surface area (Å²) in [5.74, 6) is 0.133. The van der Waals surface area contributed by atoms with Gasteiger partial charge in [0.15, 0.2) is 0 Å². The fraction of sp³-hybridized carbons (Fsp3) is 0.400. The standard InChI is InChI=1S/C25H27F3N4O3/c1-14(19-11-20-22(12-21(19)25(26,27)28)30-15(2)31-23(20)33)29-17-8-6-16(7-9-17)24(34)32-10-4-5-18(13-32)35-3/h6-9,11-12,14,18,29H,4-5,10,13H2,1-3H3,(H,30,31,33)/t14-,18-/m0/s1. The maximum atomic E-state index is 13.9. The third kappa shape index (κ3) is 5.32. The van der Waals surface area contributed by atoms with Gasteiger partial charge in [0.2, 0.25) is 0 Å². The number of rotatable bonds is 5. The van der Waals surface area contributed by atoms with Gasteiger partial charge in [-0.15, -0.1) is 0 Å². The lowest BCUT2D eigenvalue weighted by Crippen LogP contribution is -2.42. The third-order valence-corrected chi connectivity index (χ3v) is 6.28. The Morgan fingerprint density at radius 3 is 2.63 bits per heavy atom. The van der Waals surface area contributed by atoms with E-state index in [1.807, 2.05) is 0 Å². The van der Waals surface area contributed by atoms with E-state index in [0.29, 0.717) is 24.3 Å². The van der Waals surface area contributed by atoms with Crippen LogP contribution in [0.3, 0.4) is 0 Å². The number of aryl methyl sites for hydroxylation is 1. The number of benzene rings is 2. The van der Waals surface area contributed by atoms with Gasteiger partial charge in [0.25, 0.3) is 11.5 Å². The molecule has 2 heterocycles. The Balaban J connectivity index is 1.57. The number of aromatic nitrogens is 2. The van der Waals surface area contributed by atoms with Crippen LogP contribution in [0.15, 0.2) is 41.2 Å². The van der Waals surface area contributed by atoms with Crippen molar-refractivity contribution in [3.05, 3.63) is 69.3 Å². The van der Waals surface area contributed by atoms with Crippen LogP contribution in [-0.2, 0) is 10.9 Å². The van der Waals surface area contributed by atoms with Crippen LogP contribution in [0.1, 0.15) is 53.1 Å². The highest BCUT2D eigenvalue weighted by Gasteiger charge is 2.35. The minimum atomic E-state index is -4.62. The van der Waals surface area contributed by atoms with E-state index in [0.717, 1.165) is 18.9 Å². The summed E-state index contributed by atoms with van der Waals surface area (Å²) in [6.45, 7) is 4.29. The summed E-state index contributed by atoms with van der Waals surface area (Å²) in [6, 6.07) is 8.00. The normalized spacial score (nSPS) is 17.4. The lowest BCUT2D eigenvalue weighted by Gasteiger charge is -2.32. The zero-order valence-corrected chi connectivity index (χ0v) is 19.7. The second kappa shape index (κ2) is 9.69. The summed E-state index contributed by atoms with van der Waals surface area (Å²) in [7, 11) is 1.63. The Morgan fingerprint density at radius 1 is 1.26 bits per heavy atom. The summed E-state index contributed by atoms with van der Waals surface area (Å²) in [5, 5.41) is 3.14. The van der Waals surface area contributed by atoms with Gasteiger partial charge in [-0.3, -0.25) is 9.59 Å². The highest BCUT2D eigenvalue weighted by molar-refractivity contribution is 5.94. The number of H-pyrrole nitrogens is 1. The number of alkyl halides is 3. The van der Waals surface area contributed by atoms with Crippen LogP contribution in [0.25, 0.3) is 10.9 Å². The van der Waals surface area contributed by atoms with Gasteiger partial charge in [-0.05, 0) is 68.7 Å². The Hall–Kier alpha value is -3.40. The molecule has 0 radical (unpaired) electrons. The number of aromatic amines is 1. The highest BCUT2D eigenvalue weighted by Crippen LogP contribution is 2.37. The van der Waals surface area contributed by atoms with E-state index in [9.17, 15) is 22.8 Å². The molecule has 10 heteroatoms. The van der Waals surface area contributed by atoms with Crippen LogP contribution in [0.5, 0.6) is 0 Å². The molecule has 1 aliphatic heterocycles. The number of amides is 1. The molecule has 7 nitrogen and oxygen atoms in total. The number of piperidine rings is 1. The number of nitrogens with zero attached hydrogens (tertiary/aromatic N) is 2. The number of ether oxygens (including phenoxy) is 1. The summed E-state index contributed by atoms with van der Waals surface area (Å²) in [6.07, 6.45) is -2.82. The molecule has 0 bridgehead atoms. The van der Waals surface area contributed by atoms with E-state index in [4.69, 9.17) is 4.74 Å². The van der Waals surface area contributed by atoms with Crippen molar-refractivity contribution >= 4 is 22.5 Å². The molecule has 2 atom stereocenters. The molecular formula is C25H27F3N4O3. The number of nitrogens with one attached hydrogen (secondary N) is 2. The number of fused-ring (bicyclic) bond motifs is 1. The van der Waals surface area contributed by atoms with Crippen LogP contribution in [-0.4, -0.2) is 47.1 Å². The van der Waals surface area contributed by atoms with E-state index in [2.05, 4.69) is 15.3 Å². The molecule has 4 rings (SSSR count). The molecule has 0 aliphatic carbocycles. The van der Waals surface area contributed by atoms with Crippen LogP contribution >= 0.6 is 0 Å². The molecule has 1 amide bonds. The fourth-order valence-electron chi connectivity index (χ4n) is 4.46. The molecule has 0 unspecified atom stereocenters. The number of likely N-dealkylation sites (tertiary alicyclic amines) is 1. The molecular weight excluding hydrogens is 461 g/mol. The summed E-state index contributed by atoms with van der Waals surface area (Å²) in [4.78, 5) is 33.5. The van der Waals surface area contributed by atoms with E-state index in [-0.39, 0.29) is 34.3 Å². The smallest absolute Gasteiger partial charge is 0.380 e. The van der Waals surface area contributed by atoms with Gasteiger partial charge >= 0.3 is 6.18 Å². The predicted octanol–water partition coefficient (Wildman–Crippen LogP) is 4.67. The van der Waals surface area contributed by atoms with E-state index in [1.54, 1.807) is 43.2 Å². The van der Waals surface area contributed by atoms with Crippen molar-refractivity contribution in [2.24, 2.45) is 0 Å². The highest BCUT2D eigenvalue weighted by atomic mass is 19.4. The van der Waals surface area contributed by atoms with Crippen molar-refractivity contribution in [1.29, 1.82) is 0 Å². The SMILES string of the molecule is CO[C@H]1CCCN(C(=O)c2ccc(N[C@@H](C)c3cc4c(=O)[nH]c(C)nc4cc3C(F)(F)F)cc2)C1. The minimum Gasteiger partial charge on any atom is -0.380 e. The van der Waals surface area contributed by atoms with E-state index < -0.39 is 23.3 Å². The monoisotopic (exact) mass is 488 g/mol. The largest absolute Gasteiger partial charge is 0.416 e. The molecule has 186 valence electrons. The maximum Gasteiger partial charge on any atom is 0.416 e. The van der Waals surface area contributed by atoms with Crippen molar-refractivity contribution in [3.63, 3.8) is 0 Å². The van der Waals surface area contributed by atoms with Crippen molar-refractivity contribution < 1.29 is 22.7 Å². The fourth-order valence-corrected chi connectivity index (χ4v) is 4.46. The topological polar surface area (TPSA) is 87.3 Å². The number of halogens is 3. The van der Waals surface area contributed by atoms with Gasteiger partial charge in [-0.2, -0.15) is 13.2 Å². The van der Waals surface area contributed by atoms with Gasteiger partial charge < -0.3 is 19.9 Å². The Bertz CT molecular complexity index is 1290. The molecule has 1 fully saturated rings. The molecule has 1 aliphatic rings.